The van der Waals surface area contributed by atoms with Gasteiger partial charge >= 0.3 is 0 Å². The van der Waals surface area contributed by atoms with Gasteiger partial charge in [0, 0.05) is 17.2 Å². The summed E-state index contributed by atoms with van der Waals surface area (Å²) in [6.07, 6.45) is 2.89. The molecule has 0 aliphatic heterocycles. The van der Waals surface area contributed by atoms with E-state index in [1.807, 2.05) is 12.1 Å². The second-order valence-corrected chi connectivity index (χ2v) is 6.30. The SMILES string of the molecule is COc1ccccc1C=CC(=O)NC(=S)NNC(=O)c1cc(OC)c(OC)c(OC)c1. The topological polar surface area (TPSA) is 107 Å². The van der Waals surface area contributed by atoms with Crippen LogP contribution in [0.5, 0.6) is 23.0 Å². The normalized spacial score (nSPS) is 10.2. The second kappa shape index (κ2) is 11.4. The number of benzene rings is 2. The molecule has 0 radical (unpaired) electrons. The van der Waals surface area contributed by atoms with Crippen molar-refractivity contribution in [3.63, 3.8) is 0 Å². The van der Waals surface area contributed by atoms with Gasteiger partial charge in [0.25, 0.3) is 5.91 Å². The molecule has 0 fully saturated rings. The van der Waals surface area contributed by atoms with E-state index in [1.54, 1.807) is 25.3 Å². The molecule has 2 amide bonds. The van der Waals surface area contributed by atoms with Crippen LogP contribution in [0.3, 0.4) is 0 Å². The van der Waals surface area contributed by atoms with Crippen LogP contribution in [0.1, 0.15) is 15.9 Å². The first-order valence-corrected chi connectivity index (χ1v) is 9.36. The van der Waals surface area contributed by atoms with E-state index in [9.17, 15) is 9.59 Å². The second-order valence-electron chi connectivity index (χ2n) is 5.89. The molecule has 2 aromatic carbocycles. The highest BCUT2D eigenvalue weighted by Gasteiger charge is 2.17. The Labute approximate surface area is 185 Å². The molecule has 0 unspecified atom stereocenters. The van der Waals surface area contributed by atoms with Gasteiger partial charge in [-0.3, -0.25) is 25.8 Å². The van der Waals surface area contributed by atoms with E-state index in [4.69, 9.17) is 31.2 Å². The van der Waals surface area contributed by atoms with Crippen molar-refractivity contribution in [1.82, 2.24) is 16.2 Å². The lowest BCUT2D eigenvalue weighted by Crippen LogP contribution is -2.48. The van der Waals surface area contributed by atoms with Crippen molar-refractivity contribution in [2.24, 2.45) is 0 Å². The molecular formula is C21H23N3O6S. The molecule has 3 N–H and O–H groups in total. The molecule has 2 aromatic rings. The van der Waals surface area contributed by atoms with Crippen molar-refractivity contribution in [3.05, 3.63) is 53.6 Å². The van der Waals surface area contributed by atoms with Crippen molar-refractivity contribution in [2.45, 2.75) is 0 Å². The van der Waals surface area contributed by atoms with E-state index in [0.717, 1.165) is 5.56 Å². The molecule has 0 spiro atoms. The van der Waals surface area contributed by atoms with Gasteiger partial charge in [-0.05, 0) is 36.5 Å². The minimum absolute atomic E-state index is 0.0875. The molecule has 0 atom stereocenters. The summed E-state index contributed by atoms with van der Waals surface area (Å²) in [7, 11) is 5.90. The zero-order valence-electron chi connectivity index (χ0n) is 17.5. The third kappa shape index (κ3) is 6.34. The van der Waals surface area contributed by atoms with Gasteiger partial charge in [-0.1, -0.05) is 18.2 Å². The van der Waals surface area contributed by atoms with Crippen LogP contribution in [0.25, 0.3) is 6.08 Å². The minimum atomic E-state index is -0.527. The molecule has 0 saturated carbocycles. The van der Waals surface area contributed by atoms with Crippen LogP contribution >= 0.6 is 12.2 Å². The molecule has 164 valence electrons. The van der Waals surface area contributed by atoms with Crippen LogP contribution in [0.4, 0.5) is 0 Å². The van der Waals surface area contributed by atoms with Crippen molar-refractivity contribution in [1.29, 1.82) is 0 Å². The number of para-hydroxylation sites is 1. The number of carbonyl (C=O) groups excluding carboxylic acids is 2. The number of methoxy groups -OCH3 is 4. The Balaban J connectivity index is 1.95. The molecular weight excluding hydrogens is 422 g/mol. The van der Waals surface area contributed by atoms with Crippen LogP contribution < -0.4 is 35.1 Å². The summed E-state index contributed by atoms with van der Waals surface area (Å²) in [6, 6.07) is 10.2. The fourth-order valence-electron chi connectivity index (χ4n) is 2.55. The highest BCUT2D eigenvalue weighted by Crippen LogP contribution is 2.38. The summed E-state index contributed by atoms with van der Waals surface area (Å²) in [5, 5.41) is 2.34. The van der Waals surface area contributed by atoms with E-state index in [-0.39, 0.29) is 10.7 Å². The largest absolute Gasteiger partial charge is 0.496 e. The highest BCUT2D eigenvalue weighted by atomic mass is 32.1. The lowest BCUT2D eigenvalue weighted by molar-refractivity contribution is -0.115. The molecule has 0 aliphatic rings. The van der Waals surface area contributed by atoms with Gasteiger partial charge in [-0.25, -0.2) is 0 Å². The minimum Gasteiger partial charge on any atom is -0.496 e. The zero-order chi connectivity index (χ0) is 22.8. The summed E-state index contributed by atoms with van der Waals surface area (Å²) in [6.45, 7) is 0. The maximum atomic E-state index is 12.4. The monoisotopic (exact) mass is 445 g/mol. The molecule has 0 aromatic heterocycles. The van der Waals surface area contributed by atoms with Crippen molar-refractivity contribution in [2.75, 3.05) is 28.4 Å². The fraction of sp³-hybridized carbons (Fsp3) is 0.190. The highest BCUT2D eigenvalue weighted by molar-refractivity contribution is 7.80. The first kappa shape index (κ1) is 23.5. The van der Waals surface area contributed by atoms with Gasteiger partial charge in [-0.15, -0.1) is 0 Å². The Bertz CT molecular complexity index is 968. The summed E-state index contributed by atoms with van der Waals surface area (Å²) in [5.41, 5.74) is 5.82. The van der Waals surface area contributed by atoms with E-state index in [2.05, 4.69) is 16.2 Å². The number of hydrogen-bond acceptors (Lipinski definition) is 7. The predicted octanol–water partition coefficient (Wildman–Crippen LogP) is 2.07. The summed E-state index contributed by atoms with van der Waals surface area (Å²) < 4.78 is 20.9. The average molecular weight is 445 g/mol. The van der Waals surface area contributed by atoms with Gasteiger partial charge in [-0.2, -0.15) is 0 Å². The van der Waals surface area contributed by atoms with E-state index >= 15 is 0 Å². The summed E-state index contributed by atoms with van der Waals surface area (Å²) >= 11 is 5.03. The number of hydrazine groups is 1. The quantitative estimate of drug-likeness (QED) is 0.338. The van der Waals surface area contributed by atoms with Crippen LogP contribution in [0.15, 0.2) is 42.5 Å². The Morgan fingerprint density at radius 2 is 1.48 bits per heavy atom. The zero-order valence-corrected chi connectivity index (χ0v) is 18.3. The van der Waals surface area contributed by atoms with E-state index in [0.29, 0.717) is 23.0 Å². The molecule has 0 heterocycles. The Morgan fingerprint density at radius 3 is 2.06 bits per heavy atom. The lowest BCUT2D eigenvalue weighted by Gasteiger charge is -2.14. The molecule has 0 bridgehead atoms. The Hall–Kier alpha value is -3.79. The van der Waals surface area contributed by atoms with Crippen molar-refractivity contribution in [3.8, 4) is 23.0 Å². The molecule has 10 heteroatoms. The first-order valence-electron chi connectivity index (χ1n) is 8.95. The standard InChI is InChI=1S/C21H23N3O6S/c1-27-15-8-6-5-7-13(15)9-10-18(25)22-21(31)24-23-20(26)14-11-16(28-2)19(30-4)17(12-14)29-3/h5-12H,1-4H3,(H,23,26)(H2,22,24,25,31). The third-order valence-electron chi connectivity index (χ3n) is 4.01. The van der Waals surface area contributed by atoms with Gasteiger partial charge < -0.3 is 18.9 Å². The van der Waals surface area contributed by atoms with Crippen molar-refractivity contribution < 1.29 is 28.5 Å². The van der Waals surface area contributed by atoms with Gasteiger partial charge in [0.05, 0.1) is 28.4 Å². The number of amides is 2. The Morgan fingerprint density at radius 1 is 0.871 bits per heavy atom. The number of thiocarbonyl (C=S) groups is 1. The molecule has 9 nitrogen and oxygen atoms in total. The summed E-state index contributed by atoms with van der Waals surface area (Å²) in [4.78, 5) is 24.5. The summed E-state index contributed by atoms with van der Waals surface area (Å²) in [5.74, 6) is 0.628. The molecule has 2 rings (SSSR count). The van der Waals surface area contributed by atoms with Crippen molar-refractivity contribution >= 4 is 35.2 Å². The van der Waals surface area contributed by atoms with Crippen LogP contribution in [-0.2, 0) is 4.79 Å². The van der Waals surface area contributed by atoms with E-state index in [1.165, 1.54) is 39.5 Å². The maximum absolute atomic E-state index is 12.4. The smallest absolute Gasteiger partial charge is 0.269 e. The van der Waals surface area contributed by atoms with E-state index < -0.39 is 11.8 Å². The third-order valence-corrected chi connectivity index (χ3v) is 4.21. The molecule has 31 heavy (non-hydrogen) atoms. The molecule has 0 aliphatic carbocycles. The first-order chi connectivity index (χ1) is 14.9. The number of nitrogens with one attached hydrogen (secondary N) is 3. The van der Waals surface area contributed by atoms with Crippen LogP contribution in [-0.4, -0.2) is 45.4 Å². The van der Waals surface area contributed by atoms with Crippen LogP contribution in [0, 0.1) is 0 Å². The number of ether oxygens (including phenoxy) is 4. The molecule has 0 saturated heterocycles. The fourth-order valence-corrected chi connectivity index (χ4v) is 2.70. The number of hydrogen-bond donors (Lipinski definition) is 3. The number of rotatable bonds is 7. The van der Waals surface area contributed by atoms with Gasteiger partial charge in [0.2, 0.25) is 11.7 Å². The maximum Gasteiger partial charge on any atom is 0.269 e. The van der Waals surface area contributed by atoms with Gasteiger partial charge in [0.15, 0.2) is 16.6 Å². The van der Waals surface area contributed by atoms with Crippen LogP contribution in [0.2, 0.25) is 0 Å². The Kier molecular flexibility index (Phi) is 8.64. The van der Waals surface area contributed by atoms with Gasteiger partial charge in [0.1, 0.15) is 5.75 Å². The average Bonchev–Trinajstić information content (AvgIpc) is 2.80. The predicted molar refractivity (Wildman–Crippen MR) is 119 cm³/mol. The number of carbonyl (C=O) groups is 2. The lowest BCUT2D eigenvalue weighted by atomic mass is 10.1.